The van der Waals surface area contributed by atoms with E-state index in [1.165, 1.54) is 0 Å². The van der Waals surface area contributed by atoms with Crippen molar-refractivity contribution < 1.29 is 43.5 Å². The maximum Gasteiger partial charge on any atom is 0.319 e. The molecule has 52 heavy (non-hydrogen) atoms. The SMILES string of the molecule is C.COCC1(CO)CCN(CCC(=O)OCc2ccccc2)CC1.COCC1(CO)CCNCC1.Cl.O=CC1(C(=O)OCc2ccccc2)CCC1. The molecule has 1 aliphatic carbocycles. The number of esters is 2. The van der Waals surface area contributed by atoms with Gasteiger partial charge in [0.1, 0.15) is 24.9 Å². The summed E-state index contributed by atoms with van der Waals surface area (Å²) in [5.41, 5.74) is 1.04. The third kappa shape index (κ3) is 15.2. The van der Waals surface area contributed by atoms with Crippen molar-refractivity contribution in [1.82, 2.24) is 10.2 Å². The number of nitrogens with one attached hydrogen (secondary N) is 1. The first-order valence-electron chi connectivity index (χ1n) is 17.8. The highest BCUT2D eigenvalue weighted by Gasteiger charge is 2.45. The Morgan fingerprint density at radius 3 is 1.67 bits per heavy atom. The molecule has 1 saturated carbocycles. The number of carbonyl (C=O) groups is 3. The summed E-state index contributed by atoms with van der Waals surface area (Å²) in [7, 11) is 3.37. The molecule has 12 heteroatoms. The van der Waals surface area contributed by atoms with E-state index < -0.39 is 5.41 Å². The molecule has 0 amide bonds. The Balaban J connectivity index is 0.000000408. The van der Waals surface area contributed by atoms with Crippen LogP contribution in [0, 0.1) is 16.2 Å². The standard InChI is InChI=1S/C18H27NO4.C13H14O3.C8H17NO2.CH4.ClH/c1-22-15-18(14-20)8-11-19(12-9-18)10-7-17(21)23-13-16-5-3-2-4-6-16;14-10-13(7-4-8-13)12(15)16-9-11-5-2-1-3-6-11;1-11-7-8(6-10)2-4-9-5-3-8;;/h2-6,20H,7-15H2,1H3;1-3,5-6,10H,4,7-9H2;9-10H,2-7H2,1H3;1H4;1H. The number of piperidine rings is 2. The van der Waals surface area contributed by atoms with Gasteiger partial charge < -0.3 is 44.2 Å². The first-order valence-corrected chi connectivity index (χ1v) is 17.8. The van der Waals surface area contributed by atoms with E-state index in [2.05, 4.69) is 10.2 Å². The number of ether oxygens (including phenoxy) is 4. The van der Waals surface area contributed by atoms with Crippen LogP contribution in [-0.4, -0.2) is 107 Å². The van der Waals surface area contributed by atoms with Crippen LogP contribution in [0.2, 0.25) is 0 Å². The number of likely N-dealkylation sites (tertiary alicyclic amines) is 1. The summed E-state index contributed by atoms with van der Waals surface area (Å²) in [5.74, 6) is -0.539. The van der Waals surface area contributed by atoms with Crippen molar-refractivity contribution in [3.63, 3.8) is 0 Å². The molecular formula is C40H63ClN2O9. The molecule has 0 atom stereocenters. The summed E-state index contributed by atoms with van der Waals surface area (Å²) < 4.78 is 20.8. The van der Waals surface area contributed by atoms with Crippen molar-refractivity contribution in [2.45, 2.75) is 72.0 Å². The van der Waals surface area contributed by atoms with Crippen LogP contribution >= 0.6 is 12.4 Å². The summed E-state index contributed by atoms with van der Waals surface area (Å²) >= 11 is 0. The monoisotopic (exact) mass is 750 g/mol. The maximum atomic E-state index is 11.8. The van der Waals surface area contributed by atoms with Crippen LogP contribution in [-0.2, 0) is 46.5 Å². The quantitative estimate of drug-likeness (QED) is 0.129. The second-order valence-electron chi connectivity index (χ2n) is 13.9. The lowest BCUT2D eigenvalue weighted by atomic mass is 9.70. The average Bonchev–Trinajstić information content (AvgIpc) is 3.14. The zero-order chi connectivity index (χ0) is 36.1. The fourth-order valence-electron chi connectivity index (χ4n) is 6.37. The summed E-state index contributed by atoms with van der Waals surface area (Å²) in [5, 5.41) is 22.0. The van der Waals surface area contributed by atoms with Crippen molar-refractivity contribution >= 4 is 30.6 Å². The molecule has 3 N–H and O–H groups in total. The number of benzene rings is 2. The number of nitrogens with zero attached hydrogens (tertiary/aromatic N) is 1. The number of halogens is 1. The lowest BCUT2D eigenvalue weighted by Gasteiger charge is -2.40. The number of carbonyl (C=O) groups excluding carboxylic acids is 3. The number of aldehydes is 1. The van der Waals surface area contributed by atoms with E-state index in [1.807, 2.05) is 60.7 Å². The molecule has 2 saturated heterocycles. The van der Waals surface area contributed by atoms with Gasteiger partial charge in [0.2, 0.25) is 0 Å². The molecule has 2 aromatic rings. The zero-order valence-corrected chi connectivity index (χ0v) is 31.2. The molecule has 5 rings (SSSR count). The largest absolute Gasteiger partial charge is 0.461 e. The van der Waals surface area contributed by atoms with Gasteiger partial charge in [-0.1, -0.05) is 74.5 Å². The highest BCUT2D eigenvalue weighted by atomic mass is 35.5. The highest BCUT2D eigenvalue weighted by molar-refractivity contribution is 5.94. The summed E-state index contributed by atoms with van der Waals surface area (Å²) in [6.07, 6.45) is 7.18. The van der Waals surface area contributed by atoms with Crippen LogP contribution < -0.4 is 5.32 Å². The molecule has 294 valence electrons. The number of hydrogen-bond acceptors (Lipinski definition) is 11. The van der Waals surface area contributed by atoms with Gasteiger partial charge in [-0.05, 0) is 75.8 Å². The Kier molecular flexibility index (Phi) is 22.8. The highest BCUT2D eigenvalue weighted by Crippen LogP contribution is 2.40. The third-order valence-corrected chi connectivity index (χ3v) is 10.1. The van der Waals surface area contributed by atoms with Gasteiger partial charge >= 0.3 is 11.9 Å². The normalized spacial score (nSPS) is 18.2. The molecular weight excluding hydrogens is 688 g/mol. The zero-order valence-electron chi connectivity index (χ0n) is 30.4. The Morgan fingerprint density at radius 1 is 0.769 bits per heavy atom. The Morgan fingerprint density at radius 2 is 1.25 bits per heavy atom. The number of methoxy groups -OCH3 is 2. The molecule has 2 aliphatic heterocycles. The predicted molar refractivity (Wildman–Crippen MR) is 204 cm³/mol. The van der Waals surface area contributed by atoms with Gasteiger partial charge in [-0.2, -0.15) is 0 Å². The number of rotatable bonds is 15. The fraction of sp³-hybridized carbons (Fsp3) is 0.625. The Hall–Kier alpha value is -2.90. The molecule has 0 radical (unpaired) electrons. The van der Waals surface area contributed by atoms with E-state index in [4.69, 9.17) is 24.1 Å². The smallest absolute Gasteiger partial charge is 0.319 e. The molecule has 0 aromatic heterocycles. The fourth-order valence-corrected chi connectivity index (χ4v) is 6.37. The van der Waals surface area contributed by atoms with Crippen LogP contribution in [0.25, 0.3) is 0 Å². The van der Waals surface area contributed by atoms with Crippen molar-refractivity contribution in [3.05, 3.63) is 71.8 Å². The predicted octanol–water partition coefficient (Wildman–Crippen LogP) is 4.99. The third-order valence-electron chi connectivity index (χ3n) is 10.1. The van der Waals surface area contributed by atoms with E-state index in [0.29, 0.717) is 45.6 Å². The van der Waals surface area contributed by atoms with Gasteiger partial charge in [-0.25, -0.2) is 0 Å². The van der Waals surface area contributed by atoms with Gasteiger partial charge in [-0.3, -0.25) is 9.59 Å². The van der Waals surface area contributed by atoms with Gasteiger partial charge in [0, 0.05) is 31.6 Å². The molecule has 0 unspecified atom stereocenters. The van der Waals surface area contributed by atoms with E-state index in [0.717, 1.165) is 75.7 Å². The van der Waals surface area contributed by atoms with Crippen molar-refractivity contribution in [2.75, 3.05) is 73.4 Å². The van der Waals surface area contributed by atoms with E-state index >= 15 is 0 Å². The van der Waals surface area contributed by atoms with Gasteiger partial charge in [0.05, 0.1) is 32.8 Å². The second kappa shape index (κ2) is 25.2. The maximum absolute atomic E-state index is 11.8. The first-order chi connectivity index (χ1) is 24.3. The molecule has 0 bridgehead atoms. The minimum Gasteiger partial charge on any atom is -0.461 e. The van der Waals surface area contributed by atoms with Gasteiger partial charge in [-0.15, -0.1) is 12.4 Å². The lowest BCUT2D eigenvalue weighted by molar-refractivity contribution is -0.164. The first kappa shape index (κ1) is 47.1. The summed E-state index contributed by atoms with van der Waals surface area (Å²) in [6, 6.07) is 19.2. The van der Waals surface area contributed by atoms with E-state index in [9.17, 15) is 19.5 Å². The van der Waals surface area contributed by atoms with Gasteiger partial charge in [0.15, 0.2) is 0 Å². The summed E-state index contributed by atoms with van der Waals surface area (Å²) in [6.45, 7) is 6.76. The lowest BCUT2D eigenvalue weighted by Crippen LogP contribution is -2.44. The summed E-state index contributed by atoms with van der Waals surface area (Å²) in [4.78, 5) is 36.7. The van der Waals surface area contributed by atoms with Crippen LogP contribution in [0.4, 0.5) is 0 Å². The molecule has 3 fully saturated rings. The van der Waals surface area contributed by atoms with Crippen LogP contribution in [0.3, 0.4) is 0 Å². The van der Waals surface area contributed by atoms with E-state index in [1.54, 1.807) is 14.2 Å². The topological polar surface area (TPSA) is 144 Å². The molecule has 0 spiro atoms. The molecule has 3 aliphatic rings. The number of aliphatic hydroxyl groups excluding tert-OH is 2. The van der Waals surface area contributed by atoms with Crippen molar-refractivity contribution in [1.29, 1.82) is 0 Å². The Labute approximate surface area is 317 Å². The molecule has 2 aromatic carbocycles. The Bertz CT molecular complexity index is 1240. The van der Waals surface area contributed by atoms with Crippen molar-refractivity contribution in [3.8, 4) is 0 Å². The van der Waals surface area contributed by atoms with Crippen molar-refractivity contribution in [2.24, 2.45) is 16.2 Å². The van der Waals surface area contributed by atoms with Crippen LogP contribution in [0.15, 0.2) is 60.7 Å². The van der Waals surface area contributed by atoms with E-state index in [-0.39, 0.29) is 62.4 Å². The van der Waals surface area contributed by atoms with Gasteiger partial charge in [0.25, 0.3) is 0 Å². The minimum atomic E-state index is -0.839. The number of hydrogen-bond donors (Lipinski definition) is 3. The second-order valence-corrected chi connectivity index (χ2v) is 13.9. The number of aliphatic hydroxyl groups is 2. The minimum absolute atomic E-state index is 0. The molecule has 11 nitrogen and oxygen atoms in total. The molecule has 2 heterocycles. The van der Waals surface area contributed by atoms with Crippen LogP contribution in [0.1, 0.15) is 69.9 Å². The van der Waals surface area contributed by atoms with Crippen LogP contribution in [0.5, 0.6) is 0 Å². The average molecular weight is 751 g/mol.